The molecule has 119 heavy (non-hydrogen) atoms. The number of carboxylic acids is 1. The van der Waals surface area contributed by atoms with Gasteiger partial charge in [-0.1, -0.05) is 98.5 Å². The Morgan fingerprint density at radius 2 is 0.790 bits per heavy atom. The number of para-hydroxylation sites is 4. The Balaban J connectivity index is 0.000000239. The number of Topliss-reactive ketones (excluding diaryl/α,β-unsaturated/α-hetero) is 2. The molecule has 3 saturated heterocycles. The second kappa shape index (κ2) is 46.1. The fourth-order valence-corrected chi connectivity index (χ4v) is 17.1. The molecule has 3 radical (unpaired) electrons. The van der Waals surface area contributed by atoms with Gasteiger partial charge in [0, 0.05) is 87.1 Å². The third-order valence-corrected chi connectivity index (χ3v) is 24.3. The quantitative estimate of drug-likeness (QED) is 0.0227. The van der Waals surface area contributed by atoms with Crippen LogP contribution >= 0.6 is 11.6 Å². The number of nitrogens with zero attached hydrogens (tertiary/aromatic N) is 2. The topological polar surface area (TPSA) is 195 Å². The fraction of sp³-hybridized carbons (Fsp3) is 0.505. The number of β-amino-alcohol motifs (C(OH)–C–C–N with tert-alkyl or cyclic N) is 1. The average molecular weight is 1700 g/mol. The van der Waals surface area contributed by atoms with Crippen LogP contribution in [0.4, 0.5) is 39.5 Å². The number of aliphatic hydroxyl groups is 2. The van der Waals surface area contributed by atoms with E-state index in [1.165, 1.54) is 36.4 Å². The maximum absolute atomic E-state index is 13.5. The van der Waals surface area contributed by atoms with Crippen LogP contribution in [0.3, 0.4) is 0 Å². The molecule has 4 N–H and O–H groups in total. The van der Waals surface area contributed by atoms with Crippen LogP contribution in [0.2, 0.25) is 0 Å². The summed E-state index contributed by atoms with van der Waals surface area (Å²) in [6.45, 7) is 7.72. The third-order valence-electron chi connectivity index (χ3n) is 24.0. The summed E-state index contributed by atoms with van der Waals surface area (Å²) in [5.74, 6) is 5.10. The Morgan fingerprint density at radius 1 is 0.462 bits per heavy atom. The van der Waals surface area contributed by atoms with Gasteiger partial charge < -0.3 is 60.1 Å². The van der Waals surface area contributed by atoms with Gasteiger partial charge in [0.05, 0.1) is 99.7 Å². The van der Waals surface area contributed by atoms with E-state index < -0.39 is 58.1 Å². The number of carboxylic acid groups (broad SMARTS) is 1. The van der Waals surface area contributed by atoms with Crippen molar-refractivity contribution in [1.29, 1.82) is 0 Å². The number of carbonyl (C=O) groups excluding carboxylic acids is 2. The zero-order valence-corrected chi connectivity index (χ0v) is 71.6. The minimum Gasteiger partial charge on any atom is -1.00 e. The minimum absolute atomic E-state index is 0. The number of benzene rings is 7. The first kappa shape index (κ1) is 98.6. The largest absolute Gasteiger partial charge is 1.00 e. The molecule has 7 aromatic rings. The van der Waals surface area contributed by atoms with Gasteiger partial charge in [0.15, 0.2) is 11.6 Å². The van der Waals surface area contributed by atoms with E-state index in [9.17, 15) is 64.1 Å². The molecule has 28 heteroatoms. The number of ketones is 2. The number of methoxy groups -OCH3 is 4. The Bertz CT molecular complexity index is 4250. The summed E-state index contributed by atoms with van der Waals surface area (Å²) in [5.41, 5.74) is 0.0705. The monoisotopic (exact) mass is 1690 g/mol. The Kier molecular flexibility index (Phi) is 38.2. The minimum atomic E-state index is -4.35. The number of aliphatic hydroxyl groups excluding tert-OH is 2. The smallest absolute Gasteiger partial charge is 1.00 e. The van der Waals surface area contributed by atoms with E-state index in [2.05, 4.69) is 21.2 Å². The van der Waals surface area contributed by atoms with Crippen molar-refractivity contribution >= 4 is 37.5 Å². The van der Waals surface area contributed by atoms with E-state index in [1.807, 2.05) is 91.0 Å². The summed E-state index contributed by atoms with van der Waals surface area (Å²) in [6, 6.07) is 45.4. The summed E-state index contributed by atoms with van der Waals surface area (Å²) in [6.07, 6.45) is 3.70. The van der Waals surface area contributed by atoms with Crippen molar-refractivity contribution in [3.8, 4) is 40.2 Å². The Labute approximate surface area is 723 Å². The molecule has 0 aromatic heterocycles. The van der Waals surface area contributed by atoms with Crippen molar-refractivity contribution < 1.29 is 133 Å². The van der Waals surface area contributed by atoms with Crippen LogP contribution in [0.1, 0.15) is 156 Å². The summed E-state index contributed by atoms with van der Waals surface area (Å²) >= 11 is 5.70. The Morgan fingerprint density at radius 3 is 1.12 bits per heavy atom. The molecule has 7 aliphatic rings. The maximum Gasteiger partial charge on any atom is 1.00 e. The second-order valence-electron chi connectivity index (χ2n) is 31.1. The molecule has 643 valence electrons. The van der Waals surface area contributed by atoms with Crippen molar-refractivity contribution in [2.45, 2.75) is 162 Å². The molecule has 0 amide bonds. The van der Waals surface area contributed by atoms with Gasteiger partial charge >= 0.3 is 54.1 Å². The summed E-state index contributed by atoms with van der Waals surface area (Å²) in [7, 11) is 7.52. The van der Waals surface area contributed by atoms with Gasteiger partial charge in [0.1, 0.15) is 40.2 Å². The van der Waals surface area contributed by atoms with E-state index in [4.69, 9.17) is 49.9 Å². The van der Waals surface area contributed by atoms with Crippen LogP contribution in [0, 0.1) is 17.8 Å². The van der Waals surface area contributed by atoms with E-state index >= 15 is 0 Å². The molecule has 3 heterocycles. The number of nitrogens with one attached hydrogen (secondary N) is 1. The predicted molar refractivity (Wildman–Crippen MR) is 438 cm³/mol. The number of hydrogen-bond acceptors (Lipinski definition) is 15. The summed E-state index contributed by atoms with van der Waals surface area (Å²) in [4.78, 5) is 41.3. The van der Waals surface area contributed by atoms with E-state index in [-0.39, 0.29) is 79.5 Å². The summed E-state index contributed by atoms with van der Waals surface area (Å²) < 4.78 is 152. The predicted octanol–water partition coefficient (Wildman–Crippen LogP) is 15.3. The number of alkyl halides is 10. The molecule has 7 aromatic carbocycles. The van der Waals surface area contributed by atoms with Gasteiger partial charge in [-0.05, 0) is 207 Å². The number of hydrogen-bond donors (Lipinski definition) is 4. The number of likely N-dealkylation sites (tertiary alicyclic amines) is 2. The zero-order chi connectivity index (χ0) is 84.4. The third kappa shape index (κ3) is 25.6. The molecule has 3 aliphatic heterocycles. The van der Waals surface area contributed by atoms with Crippen molar-refractivity contribution in [1.82, 2.24) is 15.1 Å². The van der Waals surface area contributed by atoms with E-state index in [1.54, 1.807) is 28.4 Å². The van der Waals surface area contributed by atoms with E-state index in [0.29, 0.717) is 74.7 Å². The first-order valence-corrected chi connectivity index (χ1v) is 40.8. The number of piperidine rings is 3. The average Bonchev–Trinajstić information content (AvgIpc) is 0.741. The number of aliphatic carboxylic acids is 1. The summed E-state index contributed by atoms with van der Waals surface area (Å²) in [5, 5.41) is 30.9. The van der Waals surface area contributed by atoms with Crippen molar-refractivity contribution in [3.63, 3.8) is 0 Å². The molecule has 4 unspecified atom stereocenters. The maximum atomic E-state index is 13.5. The van der Waals surface area contributed by atoms with Gasteiger partial charge in [0.2, 0.25) is 0 Å². The first-order valence-electron chi connectivity index (χ1n) is 40.2. The van der Waals surface area contributed by atoms with Crippen molar-refractivity contribution in [2.75, 3.05) is 114 Å². The molecule has 0 spiro atoms. The first-order chi connectivity index (χ1) is 56.1. The number of ether oxygens (including phenoxy) is 7. The van der Waals surface area contributed by atoms with Crippen LogP contribution < -0.4 is 68.0 Å². The van der Waals surface area contributed by atoms with Gasteiger partial charge in [0.25, 0.3) is 0 Å². The molecular weight excluding hydrogens is 1580 g/mol. The zero-order valence-electron chi connectivity index (χ0n) is 69.9. The molecule has 4 saturated carbocycles. The number of halogens is 10. The fourth-order valence-electron chi connectivity index (χ4n) is 16.8. The molecule has 4 aliphatic carbocycles. The molecule has 4 atom stereocenters. The second-order valence-corrected chi connectivity index (χ2v) is 31.4. The van der Waals surface area contributed by atoms with E-state index in [0.717, 1.165) is 225 Å². The SMILES string of the molecule is CO.COc1ccccc1C1(C(=O)CCl)CCC1.COc1ccccc1C1(C(=O)CN2CCCC(COc3ccc(C(F)(F)F)cc3)C2)CCC1.COc1ccccc1C1(C(=O)O)CCC1.COc1ccccc1C1(C(O)CN2CCCC(COc3ccc(C(F)(F)F)cc3)C2)CCC1.FC(F)(F)c1ccc(OCC2CCCNC2)cc1.[B].[H-].[Na+]. The Hall–Kier alpha value is -7.53. The molecular formula is C91H112BClF9N3NaO13. The molecule has 7 fully saturated rings. The number of rotatable bonds is 26. The van der Waals surface area contributed by atoms with Gasteiger partial charge in [-0.25, -0.2) is 0 Å². The standard InChI is InChI=1S/C26H32F3NO3.C26H30F3NO3.C13H15ClO2.C13H16F3NO.C12H14O3.CH4O.B.Na.H/c2*1-32-23-8-3-2-7-22(23)25(13-5-14-25)24(31)17-30-15-4-6-19(16-30)18-33-21-11-9-20(10-12-21)26(27,28)29;1-16-11-6-3-2-5-10(11)13(7-4-8-13)12(15)9-14;14-13(15,16)11-3-5-12(6-4-11)18-9-10-2-1-7-17-8-10;1-15-10-6-3-2-5-9(10)12(11(13)14)7-4-8-12;1-2;;;/h2-3,7-12,19,24,31H,4-6,13-18H2,1H3;2-3,7-12,19H,4-6,13-18H2,1H3;2-3,5-6H,4,7-9H2,1H3;3-6,10,17H,1-2,7-9H2;2-3,5-6H,4,7-8H2,1H3,(H,13,14);2H,1H3;;;/q;;;;;;;+1;-1. The number of carbonyl (C=O) groups is 3. The van der Waals surface area contributed by atoms with Crippen molar-refractivity contribution in [2.24, 2.45) is 17.8 Å². The van der Waals surface area contributed by atoms with Crippen LogP contribution in [0.25, 0.3) is 0 Å². The van der Waals surface area contributed by atoms with Crippen molar-refractivity contribution in [3.05, 3.63) is 209 Å². The van der Waals surface area contributed by atoms with Gasteiger partial charge in [-0.2, -0.15) is 39.5 Å². The molecule has 0 bridgehead atoms. The molecule has 16 nitrogen and oxygen atoms in total. The van der Waals surface area contributed by atoms with Crippen LogP contribution in [-0.2, 0) is 54.6 Å². The van der Waals surface area contributed by atoms with Crippen LogP contribution in [-0.4, -0.2) is 171 Å². The molecule has 14 rings (SSSR count). The van der Waals surface area contributed by atoms with Gasteiger partial charge in [-0.15, -0.1) is 11.6 Å². The van der Waals surface area contributed by atoms with Crippen LogP contribution in [0.15, 0.2) is 170 Å². The van der Waals surface area contributed by atoms with Crippen LogP contribution in [0.5, 0.6) is 40.2 Å². The van der Waals surface area contributed by atoms with Gasteiger partial charge in [-0.3, -0.25) is 19.3 Å². The normalized spacial score (nSPS) is 19.6.